The maximum absolute atomic E-state index is 10.3. The molecule has 1 aromatic carbocycles. The molecule has 1 rings (SSSR count). The molecular formula is C14H21NO. The summed E-state index contributed by atoms with van der Waals surface area (Å²) in [5, 5.41) is 2.67. The second-order valence-electron chi connectivity index (χ2n) is 3.45. The van der Waals surface area contributed by atoms with E-state index in [1.165, 1.54) is 0 Å². The summed E-state index contributed by atoms with van der Waals surface area (Å²) in [5.74, 6) is 0.513. The van der Waals surface area contributed by atoms with Gasteiger partial charge in [-0.15, -0.1) is 0 Å². The van der Waals surface area contributed by atoms with Crippen molar-refractivity contribution in [2.75, 3.05) is 5.32 Å². The second kappa shape index (κ2) is 8.72. The molecule has 0 aliphatic carbocycles. The standard InChI is InChI=1S/C12H15NO.C2H6/c1-10(2)7-8-11-5-3-4-6-12(11)13-9-14;1-2/h3-10H,1-2H3,(H,13,14);1-2H3/b8-7-;. The molecule has 0 aliphatic heterocycles. The molecule has 0 fully saturated rings. The van der Waals surface area contributed by atoms with E-state index in [0.717, 1.165) is 11.3 Å². The average molecular weight is 219 g/mol. The molecule has 0 radical (unpaired) electrons. The van der Waals surface area contributed by atoms with Crippen LogP contribution in [-0.2, 0) is 4.79 Å². The Morgan fingerprint density at radius 3 is 2.38 bits per heavy atom. The van der Waals surface area contributed by atoms with Crippen molar-refractivity contribution in [2.45, 2.75) is 27.7 Å². The topological polar surface area (TPSA) is 29.1 Å². The van der Waals surface area contributed by atoms with Crippen LogP contribution in [0.15, 0.2) is 30.3 Å². The molecule has 0 unspecified atom stereocenters. The largest absolute Gasteiger partial charge is 0.328 e. The molecule has 16 heavy (non-hydrogen) atoms. The first-order valence-electron chi connectivity index (χ1n) is 5.71. The summed E-state index contributed by atoms with van der Waals surface area (Å²) in [6.45, 7) is 8.23. The first kappa shape index (κ1) is 14.4. The molecule has 0 bridgehead atoms. The molecule has 0 aliphatic rings. The van der Waals surface area contributed by atoms with Crippen molar-refractivity contribution in [2.24, 2.45) is 5.92 Å². The molecule has 2 nitrogen and oxygen atoms in total. The zero-order valence-corrected chi connectivity index (χ0v) is 10.5. The number of carbonyl (C=O) groups is 1. The fourth-order valence-electron chi connectivity index (χ4n) is 1.13. The van der Waals surface area contributed by atoms with Crippen LogP contribution >= 0.6 is 0 Å². The Morgan fingerprint density at radius 1 is 1.19 bits per heavy atom. The van der Waals surface area contributed by atoms with Crippen LogP contribution in [0.25, 0.3) is 6.08 Å². The van der Waals surface area contributed by atoms with E-state index < -0.39 is 0 Å². The molecule has 0 saturated carbocycles. The Balaban J connectivity index is 0.00000106. The van der Waals surface area contributed by atoms with E-state index in [-0.39, 0.29) is 0 Å². The van der Waals surface area contributed by atoms with Crippen LogP contribution in [0.2, 0.25) is 0 Å². The van der Waals surface area contributed by atoms with Gasteiger partial charge in [-0.05, 0) is 17.5 Å². The van der Waals surface area contributed by atoms with Crippen molar-refractivity contribution in [1.82, 2.24) is 0 Å². The van der Waals surface area contributed by atoms with E-state index >= 15 is 0 Å². The number of rotatable bonds is 4. The van der Waals surface area contributed by atoms with E-state index in [1.807, 2.05) is 44.2 Å². The van der Waals surface area contributed by atoms with Crippen LogP contribution in [0.4, 0.5) is 5.69 Å². The monoisotopic (exact) mass is 219 g/mol. The summed E-state index contributed by atoms with van der Waals surface area (Å²) < 4.78 is 0. The van der Waals surface area contributed by atoms with Gasteiger partial charge >= 0.3 is 0 Å². The average Bonchev–Trinajstić information content (AvgIpc) is 2.31. The number of benzene rings is 1. The third kappa shape index (κ3) is 5.35. The van der Waals surface area contributed by atoms with Crippen molar-refractivity contribution in [3.63, 3.8) is 0 Å². The van der Waals surface area contributed by atoms with Crippen LogP contribution < -0.4 is 5.32 Å². The Kier molecular flexibility index (Phi) is 7.86. The van der Waals surface area contributed by atoms with Crippen LogP contribution in [-0.4, -0.2) is 6.41 Å². The molecule has 1 N–H and O–H groups in total. The van der Waals surface area contributed by atoms with Gasteiger partial charge < -0.3 is 5.32 Å². The van der Waals surface area contributed by atoms with Gasteiger partial charge in [0.05, 0.1) is 0 Å². The Labute approximate surface area is 98.4 Å². The molecule has 1 amide bonds. The highest BCUT2D eigenvalue weighted by Gasteiger charge is 1.95. The zero-order valence-electron chi connectivity index (χ0n) is 10.5. The van der Waals surface area contributed by atoms with Crippen LogP contribution in [0.3, 0.4) is 0 Å². The van der Waals surface area contributed by atoms with Crippen LogP contribution in [0, 0.1) is 5.92 Å². The first-order valence-corrected chi connectivity index (χ1v) is 5.71. The number of nitrogens with one attached hydrogen (secondary N) is 1. The predicted molar refractivity (Wildman–Crippen MR) is 71.3 cm³/mol. The van der Waals surface area contributed by atoms with Crippen molar-refractivity contribution >= 4 is 18.2 Å². The van der Waals surface area contributed by atoms with E-state index in [2.05, 4.69) is 25.2 Å². The number of allylic oxidation sites excluding steroid dienone is 1. The maximum atomic E-state index is 10.3. The molecule has 0 heterocycles. The first-order chi connectivity index (χ1) is 7.74. The molecule has 88 valence electrons. The third-order valence-corrected chi connectivity index (χ3v) is 1.84. The van der Waals surface area contributed by atoms with Gasteiger partial charge in [-0.2, -0.15) is 0 Å². The number of anilines is 1. The highest BCUT2D eigenvalue weighted by atomic mass is 16.1. The zero-order chi connectivity index (χ0) is 12.4. The lowest BCUT2D eigenvalue weighted by Gasteiger charge is -2.03. The SMILES string of the molecule is CC.CC(C)/C=C\c1ccccc1NC=O. The summed E-state index contributed by atoms with van der Waals surface area (Å²) in [6.07, 6.45) is 4.82. The summed E-state index contributed by atoms with van der Waals surface area (Å²) in [6, 6.07) is 7.72. The fraction of sp³-hybridized carbons (Fsp3) is 0.357. The van der Waals surface area contributed by atoms with Gasteiger partial charge in [-0.3, -0.25) is 4.79 Å². The summed E-state index contributed by atoms with van der Waals surface area (Å²) >= 11 is 0. The van der Waals surface area contributed by atoms with Gasteiger partial charge in [0.1, 0.15) is 0 Å². The molecule has 0 atom stereocenters. The van der Waals surface area contributed by atoms with Crippen LogP contribution in [0.5, 0.6) is 0 Å². The molecular weight excluding hydrogens is 198 g/mol. The number of para-hydroxylation sites is 1. The molecule has 2 heteroatoms. The third-order valence-electron chi connectivity index (χ3n) is 1.84. The van der Waals surface area contributed by atoms with Gasteiger partial charge in [0.15, 0.2) is 0 Å². The van der Waals surface area contributed by atoms with E-state index in [4.69, 9.17) is 0 Å². The summed E-state index contributed by atoms with van der Waals surface area (Å²) in [4.78, 5) is 10.3. The lowest BCUT2D eigenvalue weighted by atomic mass is 10.1. The maximum Gasteiger partial charge on any atom is 0.211 e. The van der Waals surface area contributed by atoms with Gasteiger partial charge in [-0.1, -0.05) is 58.0 Å². The normalized spacial score (nSPS) is 9.81. The molecule has 0 saturated heterocycles. The number of carbonyl (C=O) groups excluding carboxylic acids is 1. The highest BCUT2D eigenvalue weighted by Crippen LogP contribution is 2.16. The number of amides is 1. The minimum absolute atomic E-state index is 0.513. The van der Waals surface area contributed by atoms with Crippen molar-refractivity contribution < 1.29 is 4.79 Å². The smallest absolute Gasteiger partial charge is 0.211 e. The lowest BCUT2D eigenvalue weighted by molar-refractivity contribution is -0.105. The predicted octanol–water partition coefficient (Wildman–Crippen LogP) is 3.95. The molecule has 0 spiro atoms. The Bertz CT molecular complexity index is 329. The van der Waals surface area contributed by atoms with Crippen molar-refractivity contribution in [1.29, 1.82) is 0 Å². The molecule has 0 aromatic heterocycles. The van der Waals surface area contributed by atoms with E-state index in [0.29, 0.717) is 12.3 Å². The Morgan fingerprint density at radius 2 is 1.81 bits per heavy atom. The van der Waals surface area contributed by atoms with E-state index in [9.17, 15) is 4.79 Å². The quantitative estimate of drug-likeness (QED) is 0.763. The highest BCUT2D eigenvalue weighted by molar-refractivity contribution is 5.78. The lowest BCUT2D eigenvalue weighted by Crippen LogP contribution is -1.95. The summed E-state index contributed by atoms with van der Waals surface area (Å²) in [7, 11) is 0. The van der Waals surface area contributed by atoms with Gasteiger partial charge in [-0.25, -0.2) is 0 Å². The minimum Gasteiger partial charge on any atom is -0.328 e. The molecule has 1 aromatic rings. The van der Waals surface area contributed by atoms with Gasteiger partial charge in [0.2, 0.25) is 6.41 Å². The van der Waals surface area contributed by atoms with Gasteiger partial charge in [0.25, 0.3) is 0 Å². The number of hydrogen-bond acceptors (Lipinski definition) is 1. The fourth-order valence-corrected chi connectivity index (χ4v) is 1.13. The van der Waals surface area contributed by atoms with Crippen molar-refractivity contribution in [3.05, 3.63) is 35.9 Å². The van der Waals surface area contributed by atoms with Crippen molar-refractivity contribution in [3.8, 4) is 0 Å². The van der Waals surface area contributed by atoms with E-state index in [1.54, 1.807) is 0 Å². The van der Waals surface area contributed by atoms with Crippen LogP contribution in [0.1, 0.15) is 33.3 Å². The second-order valence-corrected chi connectivity index (χ2v) is 3.45. The van der Waals surface area contributed by atoms with Gasteiger partial charge in [0, 0.05) is 5.69 Å². The Hall–Kier alpha value is -1.57. The minimum atomic E-state index is 0.513. The number of hydrogen-bond donors (Lipinski definition) is 1. The summed E-state index contributed by atoms with van der Waals surface area (Å²) in [5.41, 5.74) is 1.88.